The third kappa shape index (κ3) is 19.9. The van der Waals surface area contributed by atoms with Crippen LogP contribution in [0.2, 0.25) is 0 Å². The third-order valence-corrected chi connectivity index (χ3v) is 5.99. The van der Waals surface area contributed by atoms with Gasteiger partial charge in [0, 0.05) is 0 Å². The van der Waals surface area contributed by atoms with Crippen molar-refractivity contribution in [1.82, 2.24) is 0 Å². The first-order valence-corrected chi connectivity index (χ1v) is 12.9. The molecule has 0 bridgehead atoms. The van der Waals surface area contributed by atoms with Crippen molar-refractivity contribution in [2.24, 2.45) is 0 Å². The van der Waals surface area contributed by atoms with Gasteiger partial charge in [-0.25, -0.2) is 0 Å². The number of rotatable bonds is 15. The summed E-state index contributed by atoms with van der Waals surface area (Å²) < 4.78 is 29.6. The molecule has 0 saturated heterocycles. The molecule has 0 aliphatic rings. The Labute approximate surface area is 175 Å². The highest BCUT2D eigenvalue weighted by molar-refractivity contribution is 7.85. The van der Waals surface area contributed by atoms with Crippen molar-refractivity contribution in [2.45, 2.75) is 111 Å². The first-order valence-electron chi connectivity index (χ1n) is 11.3. The molecule has 0 spiro atoms. The molecule has 1 aromatic carbocycles. The van der Waals surface area contributed by atoms with Gasteiger partial charge in [0.25, 0.3) is 10.1 Å². The quantitative estimate of drug-likeness (QED) is 0.237. The maximum atomic E-state index is 10.5. The zero-order valence-corrected chi connectivity index (χ0v) is 19.4. The van der Waals surface area contributed by atoms with E-state index in [1.54, 1.807) is 0 Å². The van der Waals surface area contributed by atoms with Crippen LogP contribution in [-0.2, 0) is 10.1 Å². The Morgan fingerprint density at radius 1 is 0.643 bits per heavy atom. The van der Waals surface area contributed by atoms with E-state index in [-0.39, 0.29) is 5.75 Å². The Hall–Kier alpha value is -0.870. The summed E-state index contributed by atoms with van der Waals surface area (Å²) in [5.41, 5.74) is 2.74. The van der Waals surface area contributed by atoms with E-state index in [0.717, 1.165) is 12.8 Å². The third-order valence-electron chi connectivity index (χ3n) is 5.18. The highest BCUT2D eigenvalue weighted by Crippen LogP contribution is 2.13. The zero-order chi connectivity index (χ0) is 21.1. The van der Waals surface area contributed by atoms with Gasteiger partial charge in [-0.15, -0.1) is 0 Å². The van der Waals surface area contributed by atoms with Crippen molar-refractivity contribution < 1.29 is 13.0 Å². The first-order chi connectivity index (χ1) is 13.4. The summed E-state index contributed by atoms with van der Waals surface area (Å²) in [7, 11) is -3.74. The van der Waals surface area contributed by atoms with Crippen LogP contribution in [0.5, 0.6) is 0 Å². The lowest BCUT2D eigenvalue weighted by atomic mass is 10.0. The predicted octanol–water partition coefficient (Wildman–Crippen LogP) is 7.66. The second kappa shape index (κ2) is 18.2. The monoisotopic (exact) mass is 412 g/mol. The van der Waals surface area contributed by atoms with Gasteiger partial charge < -0.3 is 0 Å². The molecule has 164 valence electrons. The largest absolute Gasteiger partial charge is 0.286 e. The summed E-state index contributed by atoms with van der Waals surface area (Å²) in [6, 6.07) is 8.36. The molecule has 0 amide bonds. The Bertz CT molecular complexity index is 546. The SMILES string of the molecule is CCCCCCCCCCCCCCCCS(=O)(=O)O.Cc1ccccc1C. The van der Waals surface area contributed by atoms with Gasteiger partial charge in [-0.2, -0.15) is 8.42 Å². The first kappa shape index (κ1) is 27.1. The molecule has 0 fully saturated rings. The highest BCUT2D eigenvalue weighted by Gasteiger charge is 2.02. The lowest BCUT2D eigenvalue weighted by molar-refractivity contribution is 0.478. The molecule has 4 heteroatoms. The van der Waals surface area contributed by atoms with Crippen LogP contribution in [-0.4, -0.2) is 18.7 Å². The standard InChI is InChI=1S/C16H34O3S.C8H10/c1-2-3-4-5-6-7-8-9-10-11-12-13-14-15-16-20(17,18)19;1-7-5-3-4-6-8(7)2/h2-16H2,1H3,(H,17,18,19);3-6H,1-2H3. The van der Waals surface area contributed by atoms with Gasteiger partial charge in [0.2, 0.25) is 0 Å². The number of benzene rings is 1. The zero-order valence-electron chi connectivity index (χ0n) is 18.6. The molecule has 0 aliphatic heterocycles. The van der Waals surface area contributed by atoms with Crippen LogP contribution < -0.4 is 0 Å². The minimum absolute atomic E-state index is 0.0783. The molecule has 0 heterocycles. The van der Waals surface area contributed by atoms with Crippen molar-refractivity contribution in [1.29, 1.82) is 0 Å². The second-order valence-corrected chi connectivity index (χ2v) is 9.54. The van der Waals surface area contributed by atoms with Crippen LogP contribution in [0.15, 0.2) is 24.3 Å². The van der Waals surface area contributed by atoms with Crippen molar-refractivity contribution in [2.75, 3.05) is 5.75 Å². The highest BCUT2D eigenvalue weighted by atomic mass is 32.2. The minimum Gasteiger partial charge on any atom is -0.286 e. The number of unbranched alkanes of at least 4 members (excludes halogenated alkanes) is 13. The summed E-state index contributed by atoms with van der Waals surface area (Å²) in [5.74, 6) is -0.0783. The molecule has 0 atom stereocenters. The lowest BCUT2D eigenvalue weighted by Crippen LogP contribution is -2.03. The Morgan fingerprint density at radius 3 is 1.25 bits per heavy atom. The van der Waals surface area contributed by atoms with E-state index >= 15 is 0 Å². The molecular weight excluding hydrogens is 368 g/mol. The minimum atomic E-state index is -3.74. The maximum absolute atomic E-state index is 10.5. The van der Waals surface area contributed by atoms with E-state index in [0.29, 0.717) is 6.42 Å². The van der Waals surface area contributed by atoms with E-state index in [2.05, 4.69) is 45.0 Å². The molecule has 0 aromatic heterocycles. The van der Waals surface area contributed by atoms with Gasteiger partial charge in [0.05, 0.1) is 5.75 Å². The van der Waals surface area contributed by atoms with E-state index in [1.807, 2.05) is 0 Å². The Kier molecular flexibility index (Phi) is 17.6. The summed E-state index contributed by atoms with van der Waals surface area (Å²) in [6.07, 6.45) is 17.4. The van der Waals surface area contributed by atoms with Crippen LogP contribution in [0, 0.1) is 13.8 Å². The van der Waals surface area contributed by atoms with Crippen LogP contribution >= 0.6 is 0 Å². The van der Waals surface area contributed by atoms with Gasteiger partial charge in [-0.1, -0.05) is 115 Å². The summed E-state index contributed by atoms with van der Waals surface area (Å²) >= 11 is 0. The molecule has 0 saturated carbocycles. The van der Waals surface area contributed by atoms with Crippen molar-refractivity contribution in [3.63, 3.8) is 0 Å². The number of hydrogen-bond donors (Lipinski definition) is 1. The van der Waals surface area contributed by atoms with Crippen LogP contribution in [0.25, 0.3) is 0 Å². The van der Waals surface area contributed by atoms with Gasteiger partial charge in [-0.05, 0) is 31.4 Å². The average Bonchev–Trinajstić information content (AvgIpc) is 2.64. The molecule has 3 nitrogen and oxygen atoms in total. The van der Waals surface area contributed by atoms with Crippen molar-refractivity contribution >= 4 is 10.1 Å². The molecule has 28 heavy (non-hydrogen) atoms. The van der Waals surface area contributed by atoms with Gasteiger partial charge in [0.1, 0.15) is 0 Å². The van der Waals surface area contributed by atoms with Crippen LogP contribution in [0.4, 0.5) is 0 Å². The van der Waals surface area contributed by atoms with Crippen molar-refractivity contribution in [3.8, 4) is 0 Å². The molecule has 0 aliphatic carbocycles. The average molecular weight is 413 g/mol. The van der Waals surface area contributed by atoms with E-state index in [4.69, 9.17) is 4.55 Å². The fourth-order valence-corrected chi connectivity index (χ4v) is 3.71. The second-order valence-electron chi connectivity index (χ2n) is 7.97. The topological polar surface area (TPSA) is 54.4 Å². The summed E-state index contributed by atoms with van der Waals surface area (Å²) in [6.45, 7) is 6.49. The molecule has 1 rings (SSSR count). The molecular formula is C24H44O3S. The normalized spacial score (nSPS) is 11.1. The Morgan fingerprint density at radius 2 is 0.964 bits per heavy atom. The van der Waals surface area contributed by atoms with E-state index < -0.39 is 10.1 Å². The van der Waals surface area contributed by atoms with Gasteiger partial charge in [-0.3, -0.25) is 4.55 Å². The molecule has 0 radical (unpaired) electrons. The summed E-state index contributed by atoms with van der Waals surface area (Å²) in [4.78, 5) is 0. The van der Waals surface area contributed by atoms with E-state index in [1.165, 1.54) is 81.8 Å². The fourth-order valence-electron chi connectivity index (χ4n) is 3.14. The molecule has 0 unspecified atom stereocenters. The fraction of sp³-hybridized carbons (Fsp3) is 0.750. The Balaban J connectivity index is 0.000000749. The van der Waals surface area contributed by atoms with E-state index in [9.17, 15) is 8.42 Å². The number of hydrogen-bond acceptors (Lipinski definition) is 2. The number of aryl methyl sites for hydroxylation is 2. The van der Waals surface area contributed by atoms with Gasteiger partial charge >= 0.3 is 0 Å². The molecule has 1 N–H and O–H groups in total. The van der Waals surface area contributed by atoms with Gasteiger partial charge in [0.15, 0.2) is 0 Å². The smallest absolute Gasteiger partial charge is 0.264 e. The lowest BCUT2D eigenvalue weighted by Gasteiger charge is -2.03. The van der Waals surface area contributed by atoms with Crippen LogP contribution in [0.1, 0.15) is 108 Å². The molecule has 1 aromatic rings. The van der Waals surface area contributed by atoms with Crippen LogP contribution in [0.3, 0.4) is 0 Å². The predicted molar refractivity (Wildman–Crippen MR) is 123 cm³/mol. The van der Waals surface area contributed by atoms with Crippen molar-refractivity contribution in [3.05, 3.63) is 35.4 Å². The maximum Gasteiger partial charge on any atom is 0.264 e. The summed E-state index contributed by atoms with van der Waals surface area (Å²) in [5, 5.41) is 0.